The topological polar surface area (TPSA) is 67.5 Å². The molecule has 0 saturated carbocycles. The number of thiophene rings is 1. The number of rotatable bonds is 3. The number of aryl methyl sites for hydroxylation is 1. The zero-order valence-electron chi connectivity index (χ0n) is 11.4. The van der Waals surface area contributed by atoms with E-state index in [9.17, 15) is 9.90 Å². The van der Waals surface area contributed by atoms with E-state index in [-0.39, 0.29) is 11.3 Å². The quantitative estimate of drug-likeness (QED) is 0.756. The number of benzene rings is 1. The van der Waals surface area contributed by atoms with Crippen LogP contribution in [0.1, 0.15) is 17.4 Å². The zero-order chi connectivity index (χ0) is 14.8. The third-order valence-corrected chi connectivity index (χ3v) is 4.22. The van der Waals surface area contributed by atoms with E-state index in [1.807, 2.05) is 13.0 Å². The van der Waals surface area contributed by atoms with Gasteiger partial charge in [-0.1, -0.05) is 19.1 Å². The maximum Gasteiger partial charge on any atom is 0.282 e. The Morgan fingerprint density at radius 1 is 1.43 bits per heavy atom. The van der Waals surface area contributed by atoms with Crippen molar-refractivity contribution in [3.63, 3.8) is 0 Å². The van der Waals surface area contributed by atoms with Crippen LogP contribution in [0.4, 0.5) is 0 Å². The lowest BCUT2D eigenvalue weighted by atomic mass is 10.2. The zero-order valence-corrected chi connectivity index (χ0v) is 12.2. The molecule has 1 aromatic carbocycles. The molecule has 0 aliphatic rings. The second-order valence-corrected chi connectivity index (χ2v) is 5.63. The van der Waals surface area contributed by atoms with E-state index in [0.29, 0.717) is 10.9 Å². The van der Waals surface area contributed by atoms with Crippen LogP contribution in [0.2, 0.25) is 0 Å². The number of aromatic hydroxyl groups is 1. The second-order valence-electron chi connectivity index (χ2n) is 4.52. The predicted octanol–water partition coefficient (Wildman–Crippen LogP) is 2.61. The maximum absolute atomic E-state index is 12.3. The van der Waals surface area contributed by atoms with Gasteiger partial charge in [0.25, 0.3) is 5.56 Å². The van der Waals surface area contributed by atoms with Gasteiger partial charge in [-0.2, -0.15) is 9.78 Å². The molecule has 0 aliphatic carbocycles. The average Bonchev–Trinajstić information content (AvgIpc) is 2.91. The van der Waals surface area contributed by atoms with Gasteiger partial charge in [-0.25, -0.2) is 4.98 Å². The van der Waals surface area contributed by atoms with Gasteiger partial charge in [0.1, 0.15) is 16.9 Å². The molecule has 0 bridgehead atoms. The standard InChI is InChI=1S/C15H13N3O2S/c1-2-12-7-13-14(21-12)16-9-18(15(13)20)17-8-10-4-3-5-11(19)6-10/h3-9,19H,2H2,1H3/b17-8-. The summed E-state index contributed by atoms with van der Waals surface area (Å²) in [6.45, 7) is 2.04. The molecule has 0 unspecified atom stereocenters. The SMILES string of the molecule is CCc1cc2c(=O)n(/N=C\c3cccc(O)c3)cnc2s1. The summed E-state index contributed by atoms with van der Waals surface area (Å²) < 4.78 is 1.21. The molecule has 0 atom stereocenters. The summed E-state index contributed by atoms with van der Waals surface area (Å²) >= 11 is 1.53. The van der Waals surface area contributed by atoms with Crippen molar-refractivity contribution in [3.05, 3.63) is 57.5 Å². The Balaban J connectivity index is 2.01. The van der Waals surface area contributed by atoms with E-state index < -0.39 is 0 Å². The van der Waals surface area contributed by atoms with E-state index in [1.165, 1.54) is 28.6 Å². The van der Waals surface area contributed by atoms with Crippen molar-refractivity contribution in [2.75, 3.05) is 0 Å². The first-order valence-corrected chi connectivity index (χ1v) is 7.32. The van der Waals surface area contributed by atoms with E-state index in [2.05, 4.69) is 10.1 Å². The van der Waals surface area contributed by atoms with E-state index in [0.717, 1.165) is 16.1 Å². The van der Waals surface area contributed by atoms with Gasteiger partial charge in [0.15, 0.2) is 0 Å². The predicted molar refractivity (Wildman–Crippen MR) is 84.4 cm³/mol. The monoisotopic (exact) mass is 299 g/mol. The molecular formula is C15H13N3O2S. The average molecular weight is 299 g/mol. The van der Waals surface area contributed by atoms with E-state index in [1.54, 1.807) is 24.3 Å². The van der Waals surface area contributed by atoms with Crippen molar-refractivity contribution in [3.8, 4) is 5.75 Å². The van der Waals surface area contributed by atoms with Crippen LogP contribution in [0.3, 0.4) is 0 Å². The van der Waals surface area contributed by atoms with Gasteiger partial charge in [-0.15, -0.1) is 11.3 Å². The lowest BCUT2D eigenvalue weighted by Gasteiger charge is -1.97. The minimum atomic E-state index is -0.188. The molecule has 106 valence electrons. The van der Waals surface area contributed by atoms with Crippen molar-refractivity contribution in [2.45, 2.75) is 13.3 Å². The van der Waals surface area contributed by atoms with Gasteiger partial charge in [-0.05, 0) is 30.2 Å². The number of hydrogen-bond donors (Lipinski definition) is 1. The van der Waals surface area contributed by atoms with Crippen LogP contribution in [-0.2, 0) is 6.42 Å². The molecule has 6 heteroatoms. The molecule has 21 heavy (non-hydrogen) atoms. The molecule has 3 rings (SSSR count). The molecule has 0 aliphatic heterocycles. The molecule has 2 heterocycles. The summed E-state index contributed by atoms with van der Waals surface area (Å²) in [6, 6.07) is 8.53. The first kappa shape index (κ1) is 13.5. The highest BCUT2D eigenvalue weighted by atomic mass is 32.1. The van der Waals surface area contributed by atoms with E-state index >= 15 is 0 Å². The molecule has 2 aromatic heterocycles. The summed E-state index contributed by atoms with van der Waals surface area (Å²) in [7, 11) is 0. The van der Waals surface area contributed by atoms with Gasteiger partial charge in [0.2, 0.25) is 0 Å². The van der Waals surface area contributed by atoms with Gasteiger partial charge in [-0.3, -0.25) is 4.79 Å². The van der Waals surface area contributed by atoms with Crippen LogP contribution in [0, 0.1) is 0 Å². The third kappa shape index (κ3) is 2.71. The number of fused-ring (bicyclic) bond motifs is 1. The number of nitrogens with zero attached hydrogens (tertiary/aromatic N) is 3. The van der Waals surface area contributed by atoms with Crippen LogP contribution < -0.4 is 5.56 Å². The molecule has 3 aromatic rings. The van der Waals surface area contributed by atoms with Crippen LogP contribution >= 0.6 is 11.3 Å². The first-order chi connectivity index (χ1) is 10.2. The highest BCUT2D eigenvalue weighted by Crippen LogP contribution is 2.20. The van der Waals surface area contributed by atoms with Crippen molar-refractivity contribution in [2.24, 2.45) is 5.10 Å². The molecule has 0 saturated heterocycles. The lowest BCUT2D eigenvalue weighted by Crippen LogP contribution is -2.16. The molecule has 0 amide bonds. The van der Waals surface area contributed by atoms with Gasteiger partial charge >= 0.3 is 0 Å². The molecular weight excluding hydrogens is 286 g/mol. The number of hydrogen-bond acceptors (Lipinski definition) is 5. The Hall–Kier alpha value is -2.47. The van der Waals surface area contributed by atoms with Crippen LogP contribution in [-0.4, -0.2) is 21.0 Å². The summed E-state index contributed by atoms with van der Waals surface area (Å²) in [5, 5.41) is 14.1. The second kappa shape index (κ2) is 5.49. The van der Waals surface area contributed by atoms with Gasteiger partial charge < -0.3 is 5.11 Å². The number of aromatic nitrogens is 2. The van der Waals surface area contributed by atoms with Crippen molar-refractivity contribution < 1.29 is 5.11 Å². The fourth-order valence-electron chi connectivity index (χ4n) is 1.95. The summed E-state index contributed by atoms with van der Waals surface area (Å²) in [6.07, 6.45) is 3.81. The third-order valence-electron chi connectivity index (χ3n) is 3.04. The number of phenols is 1. The Morgan fingerprint density at radius 2 is 2.29 bits per heavy atom. The van der Waals surface area contributed by atoms with Gasteiger partial charge in [0.05, 0.1) is 11.6 Å². The smallest absolute Gasteiger partial charge is 0.282 e. The summed E-state index contributed by atoms with van der Waals surface area (Å²) in [4.78, 5) is 18.4. The highest BCUT2D eigenvalue weighted by molar-refractivity contribution is 7.18. The molecule has 5 nitrogen and oxygen atoms in total. The normalized spacial score (nSPS) is 11.5. The lowest BCUT2D eigenvalue weighted by molar-refractivity contribution is 0.475. The Morgan fingerprint density at radius 3 is 3.05 bits per heavy atom. The fourth-order valence-corrected chi connectivity index (χ4v) is 2.88. The van der Waals surface area contributed by atoms with Crippen molar-refractivity contribution in [1.29, 1.82) is 0 Å². The Bertz CT molecular complexity index is 880. The molecule has 0 fully saturated rings. The molecule has 0 radical (unpaired) electrons. The minimum Gasteiger partial charge on any atom is -0.508 e. The van der Waals surface area contributed by atoms with Crippen molar-refractivity contribution >= 4 is 27.8 Å². The summed E-state index contributed by atoms with van der Waals surface area (Å²) in [5.41, 5.74) is 0.522. The van der Waals surface area contributed by atoms with Crippen molar-refractivity contribution in [1.82, 2.24) is 9.66 Å². The van der Waals surface area contributed by atoms with E-state index in [4.69, 9.17) is 0 Å². The van der Waals surface area contributed by atoms with Gasteiger partial charge in [0, 0.05) is 4.88 Å². The van der Waals surface area contributed by atoms with Crippen LogP contribution in [0.15, 0.2) is 46.6 Å². The Kier molecular flexibility index (Phi) is 3.53. The Labute approximate surface area is 124 Å². The summed E-state index contributed by atoms with van der Waals surface area (Å²) in [5.74, 6) is 0.158. The molecule has 0 spiro atoms. The first-order valence-electron chi connectivity index (χ1n) is 6.51. The largest absolute Gasteiger partial charge is 0.508 e. The highest BCUT2D eigenvalue weighted by Gasteiger charge is 2.07. The fraction of sp³-hybridized carbons (Fsp3) is 0.133. The number of phenolic OH excluding ortho intramolecular Hbond substituents is 1. The van der Waals surface area contributed by atoms with Crippen LogP contribution in [0.25, 0.3) is 10.2 Å². The van der Waals surface area contributed by atoms with Crippen LogP contribution in [0.5, 0.6) is 5.75 Å². The maximum atomic E-state index is 12.3. The molecule has 1 N–H and O–H groups in total. The minimum absolute atomic E-state index is 0.158.